The molecule has 0 radical (unpaired) electrons. The van der Waals surface area contributed by atoms with Gasteiger partial charge in [-0.3, -0.25) is 0 Å². The Morgan fingerprint density at radius 2 is 1.75 bits per heavy atom. The number of nitrogens with two attached hydrogens (primary N) is 1. The standard InChI is InChI=1S/C12H20N2O5S/c1-2-9-3-4-10(5-11(9)13)20(18,19)14-12(6-15,7-16)8-17/h3-5,14-17H,2,6-8,13H2,1H3. The summed E-state index contributed by atoms with van der Waals surface area (Å²) in [7, 11) is -4.01. The van der Waals surface area contributed by atoms with Gasteiger partial charge in [0.05, 0.1) is 24.7 Å². The number of sulfonamides is 1. The molecule has 0 saturated heterocycles. The van der Waals surface area contributed by atoms with Crippen molar-refractivity contribution in [2.45, 2.75) is 23.8 Å². The Bertz CT molecular complexity index is 547. The first-order chi connectivity index (χ1) is 9.34. The molecule has 0 spiro atoms. The van der Waals surface area contributed by atoms with Crippen molar-refractivity contribution in [1.29, 1.82) is 0 Å². The van der Waals surface area contributed by atoms with Gasteiger partial charge in [-0.05, 0) is 24.1 Å². The lowest BCUT2D eigenvalue weighted by Crippen LogP contribution is -2.56. The molecule has 0 atom stereocenters. The average molecular weight is 304 g/mol. The van der Waals surface area contributed by atoms with Crippen LogP contribution in [0.5, 0.6) is 0 Å². The van der Waals surface area contributed by atoms with Crippen molar-refractivity contribution in [1.82, 2.24) is 4.72 Å². The van der Waals surface area contributed by atoms with Crippen LogP contribution in [0, 0.1) is 0 Å². The molecule has 8 heteroatoms. The van der Waals surface area contributed by atoms with E-state index in [0.29, 0.717) is 12.1 Å². The van der Waals surface area contributed by atoms with Crippen LogP contribution in [-0.2, 0) is 16.4 Å². The lowest BCUT2D eigenvalue weighted by atomic mass is 10.1. The van der Waals surface area contributed by atoms with Crippen molar-refractivity contribution >= 4 is 15.7 Å². The van der Waals surface area contributed by atoms with Crippen molar-refractivity contribution in [3.05, 3.63) is 23.8 Å². The number of hydrogen-bond donors (Lipinski definition) is 5. The molecule has 0 aliphatic carbocycles. The fraction of sp³-hybridized carbons (Fsp3) is 0.500. The SMILES string of the molecule is CCc1ccc(S(=O)(=O)NC(CO)(CO)CO)cc1N. The van der Waals surface area contributed by atoms with Gasteiger partial charge >= 0.3 is 0 Å². The van der Waals surface area contributed by atoms with E-state index in [4.69, 9.17) is 21.1 Å². The van der Waals surface area contributed by atoms with Gasteiger partial charge in [0.25, 0.3) is 0 Å². The zero-order valence-electron chi connectivity index (χ0n) is 11.2. The average Bonchev–Trinajstić information content (AvgIpc) is 2.44. The van der Waals surface area contributed by atoms with Gasteiger partial charge < -0.3 is 21.1 Å². The van der Waals surface area contributed by atoms with Gasteiger partial charge in [0.2, 0.25) is 10.0 Å². The Kier molecular flexibility index (Phi) is 5.49. The quantitative estimate of drug-likeness (QED) is 0.403. The maximum atomic E-state index is 12.2. The number of anilines is 1. The summed E-state index contributed by atoms with van der Waals surface area (Å²) in [6.07, 6.45) is 0.674. The van der Waals surface area contributed by atoms with Crippen LogP contribution in [0.1, 0.15) is 12.5 Å². The van der Waals surface area contributed by atoms with Crippen molar-refractivity contribution in [3.63, 3.8) is 0 Å². The van der Waals surface area contributed by atoms with E-state index in [1.807, 2.05) is 6.92 Å². The summed E-state index contributed by atoms with van der Waals surface area (Å²) in [6, 6.07) is 4.29. The number of rotatable bonds is 7. The van der Waals surface area contributed by atoms with Crippen LogP contribution >= 0.6 is 0 Å². The van der Waals surface area contributed by atoms with E-state index in [1.165, 1.54) is 12.1 Å². The lowest BCUT2D eigenvalue weighted by molar-refractivity contribution is 0.0582. The van der Waals surface area contributed by atoms with Crippen LogP contribution in [0.15, 0.2) is 23.1 Å². The highest BCUT2D eigenvalue weighted by Gasteiger charge is 2.34. The van der Waals surface area contributed by atoms with Crippen LogP contribution in [0.3, 0.4) is 0 Å². The summed E-state index contributed by atoms with van der Waals surface area (Å²) in [4.78, 5) is -0.0908. The van der Waals surface area contributed by atoms with E-state index in [1.54, 1.807) is 6.07 Å². The van der Waals surface area contributed by atoms with Crippen molar-refractivity contribution < 1.29 is 23.7 Å². The maximum absolute atomic E-state index is 12.2. The number of hydrogen-bond acceptors (Lipinski definition) is 6. The summed E-state index contributed by atoms with van der Waals surface area (Å²) in [6.45, 7) is -0.308. The van der Waals surface area contributed by atoms with Crippen molar-refractivity contribution in [2.75, 3.05) is 25.6 Å². The highest BCUT2D eigenvalue weighted by atomic mass is 32.2. The van der Waals surface area contributed by atoms with Crippen molar-refractivity contribution in [2.24, 2.45) is 0 Å². The molecule has 0 aliphatic heterocycles. The Labute approximate surface area is 118 Å². The molecular weight excluding hydrogens is 284 g/mol. The third-order valence-electron chi connectivity index (χ3n) is 3.07. The predicted molar refractivity (Wildman–Crippen MR) is 74.5 cm³/mol. The van der Waals surface area contributed by atoms with Crippen molar-refractivity contribution in [3.8, 4) is 0 Å². The maximum Gasteiger partial charge on any atom is 0.241 e. The number of aliphatic hydroxyl groups is 3. The molecule has 0 amide bonds. The third kappa shape index (κ3) is 3.47. The van der Waals surface area contributed by atoms with Gasteiger partial charge in [0, 0.05) is 5.69 Å². The fourth-order valence-electron chi connectivity index (χ4n) is 1.65. The molecule has 6 N–H and O–H groups in total. The van der Waals surface area contributed by atoms with Gasteiger partial charge in [0.1, 0.15) is 5.54 Å². The fourth-order valence-corrected chi connectivity index (χ4v) is 3.06. The minimum atomic E-state index is -4.01. The van der Waals surface area contributed by atoms with Gasteiger partial charge in [-0.15, -0.1) is 0 Å². The summed E-state index contributed by atoms with van der Waals surface area (Å²) < 4.78 is 26.5. The molecule has 0 aliphatic rings. The second-order valence-corrected chi connectivity index (χ2v) is 6.26. The zero-order valence-corrected chi connectivity index (χ0v) is 12.0. The van der Waals surface area contributed by atoms with E-state index in [9.17, 15) is 8.42 Å². The van der Waals surface area contributed by atoms with Gasteiger partial charge in [-0.2, -0.15) is 4.72 Å². The molecule has 0 saturated carbocycles. The third-order valence-corrected chi connectivity index (χ3v) is 4.64. The van der Waals surface area contributed by atoms with E-state index in [2.05, 4.69) is 4.72 Å². The molecule has 7 nitrogen and oxygen atoms in total. The number of benzene rings is 1. The number of nitrogens with one attached hydrogen (secondary N) is 1. The minimum Gasteiger partial charge on any atom is -0.398 e. The summed E-state index contributed by atoms with van der Waals surface area (Å²) >= 11 is 0. The van der Waals surface area contributed by atoms with Crippen LogP contribution in [0.2, 0.25) is 0 Å². The zero-order chi connectivity index (χ0) is 15.4. The molecule has 1 aromatic carbocycles. The number of aliphatic hydroxyl groups excluding tert-OH is 3. The first-order valence-corrected chi connectivity index (χ1v) is 7.57. The lowest BCUT2D eigenvalue weighted by Gasteiger charge is -2.28. The Balaban J connectivity index is 3.14. The molecule has 1 aromatic rings. The van der Waals surface area contributed by atoms with Gasteiger partial charge in [-0.25, -0.2) is 8.42 Å². The Morgan fingerprint density at radius 1 is 1.20 bits per heavy atom. The van der Waals surface area contributed by atoms with Crippen LogP contribution in [0.4, 0.5) is 5.69 Å². The van der Waals surface area contributed by atoms with E-state index < -0.39 is 35.4 Å². The van der Waals surface area contributed by atoms with Crippen LogP contribution < -0.4 is 10.5 Å². The van der Waals surface area contributed by atoms with Gasteiger partial charge in [0.15, 0.2) is 0 Å². The molecular formula is C12H20N2O5S. The Hall–Kier alpha value is -1.19. The minimum absolute atomic E-state index is 0.0908. The van der Waals surface area contributed by atoms with Gasteiger partial charge in [-0.1, -0.05) is 13.0 Å². The normalized spacial score (nSPS) is 12.6. The first-order valence-electron chi connectivity index (χ1n) is 6.09. The largest absolute Gasteiger partial charge is 0.398 e. The molecule has 0 fully saturated rings. The molecule has 1 rings (SSSR count). The van der Waals surface area contributed by atoms with E-state index >= 15 is 0 Å². The predicted octanol–water partition coefficient (Wildman–Crippen LogP) is -1.17. The monoisotopic (exact) mass is 304 g/mol. The summed E-state index contributed by atoms with van der Waals surface area (Å²) in [5.41, 5.74) is 5.20. The second kappa shape index (κ2) is 6.51. The molecule has 0 heterocycles. The second-order valence-electron chi connectivity index (χ2n) is 4.57. The number of aryl methyl sites for hydroxylation is 1. The topological polar surface area (TPSA) is 133 Å². The van der Waals surface area contributed by atoms with E-state index in [0.717, 1.165) is 5.56 Å². The first kappa shape index (κ1) is 16.9. The number of nitrogen functional groups attached to an aromatic ring is 1. The smallest absolute Gasteiger partial charge is 0.241 e. The molecule has 0 unspecified atom stereocenters. The van der Waals surface area contributed by atoms with Crippen LogP contribution in [-0.4, -0.2) is 49.1 Å². The molecule has 20 heavy (non-hydrogen) atoms. The van der Waals surface area contributed by atoms with E-state index in [-0.39, 0.29) is 4.90 Å². The highest BCUT2D eigenvalue weighted by molar-refractivity contribution is 7.89. The highest BCUT2D eigenvalue weighted by Crippen LogP contribution is 2.20. The molecule has 0 aromatic heterocycles. The summed E-state index contributed by atoms with van der Waals surface area (Å²) in [5.74, 6) is 0. The molecule has 0 bridgehead atoms. The van der Waals surface area contributed by atoms with Crippen LogP contribution in [0.25, 0.3) is 0 Å². The molecule has 114 valence electrons. The summed E-state index contributed by atoms with van der Waals surface area (Å²) in [5, 5.41) is 27.5. The Morgan fingerprint density at radius 3 is 2.15 bits per heavy atom.